The van der Waals surface area contributed by atoms with Crippen LogP contribution in [0.2, 0.25) is 0 Å². The second-order valence-electron chi connectivity index (χ2n) is 8.04. The summed E-state index contributed by atoms with van der Waals surface area (Å²) in [7, 11) is 0. The van der Waals surface area contributed by atoms with Crippen LogP contribution in [0.3, 0.4) is 0 Å². The van der Waals surface area contributed by atoms with Gasteiger partial charge in [0.05, 0.1) is 25.0 Å². The Morgan fingerprint density at radius 3 is 2.74 bits per heavy atom. The molecule has 1 N–H and O–H groups in total. The fourth-order valence-corrected chi connectivity index (χ4v) is 3.77. The average molecular weight is 420 g/mol. The first-order valence-corrected chi connectivity index (χ1v) is 10.3. The van der Waals surface area contributed by atoms with Gasteiger partial charge in [-0.25, -0.2) is 9.97 Å². The van der Waals surface area contributed by atoms with Gasteiger partial charge in [0.15, 0.2) is 11.6 Å². The third kappa shape index (κ3) is 4.04. The van der Waals surface area contributed by atoms with E-state index in [0.717, 1.165) is 35.6 Å². The summed E-state index contributed by atoms with van der Waals surface area (Å²) in [5.41, 5.74) is 3.07. The Morgan fingerprint density at radius 1 is 1.13 bits per heavy atom. The minimum absolute atomic E-state index is 0.170. The molecule has 2 aromatic heterocycles. The van der Waals surface area contributed by atoms with Crippen LogP contribution < -0.4 is 4.90 Å². The molecule has 1 aromatic carbocycles. The van der Waals surface area contributed by atoms with Crippen molar-refractivity contribution < 1.29 is 19.3 Å². The highest BCUT2D eigenvalue weighted by Crippen LogP contribution is 2.33. The van der Waals surface area contributed by atoms with E-state index in [1.165, 1.54) is 0 Å². The highest BCUT2D eigenvalue weighted by atomic mass is 16.7. The minimum Gasteiger partial charge on any atom is -0.508 e. The van der Waals surface area contributed by atoms with Crippen molar-refractivity contribution >= 4 is 16.9 Å². The molecule has 0 aliphatic carbocycles. The van der Waals surface area contributed by atoms with E-state index in [1.54, 1.807) is 30.7 Å². The summed E-state index contributed by atoms with van der Waals surface area (Å²) in [4.78, 5) is 16.5. The van der Waals surface area contributed by atoms with Gasteiger partial charge in [-0.2, -0.15) is 0 Å². The molecule has 0 amide bonds. The largest absolute Gasteiger partial charge is 0.508 e. The van der Waals surface area contributed by atoms with Crippen molar-refractivity contribution in [3.63, 3.8) is 0 Å². The summed E-state index contributed by atoms with van der Waals surface area (Å²) in [5.74, 6) is 0.754. The zero-order valence-electron chi connectivity index (χ0n) is 17.5. The van der Waals surface area contributed by atoms with E-state index in [4.69, 9.17) is 29.2 Å². The second kappa shape index (κ2) is 7.79. The van der Waals surface area contributed by atoms with Gasteiger partial charge in [0.25, 0.3) is 0 Å². The van der Waals surface area contributed by atoms with Crippen LogP contribution in [-0.2, 0) is 14.2 Å². The summed E-state index contributed by atoms with van der Waals surface area (Å²) in [6.45, 7) is 6.49. The lowest BCUT2D eigenvalue weighted by Gasteiger charge is -2.32. The van der Waals surface area contributed by atoms with E-state index >= 15 is 0 Å². The average Bonchev–Trinajstić information content (AvgIpc) is 2.78. The smallest absolute Gasteiger partial charge is 0.204 e. The molecule has 31 heavy (non-hydrogen) atoms. The summed E-state index contributed by atoms with van der Waals surface area (Å²) < 4.78 is 17.0. The van der Waals surface area contributed by atoms with Gasteiger partial charge in [-0.15, -0.1) is 0 Å². The van der Waals surface area contributed by atoms with Crippen LogP contribution in [0.1, 0.15) is 25.5 Å². The van der Waals surface area contributed by atoms with Crippen molar-refractivity contribution in [2.75, 3.05) is 31.2 Å². The van der Waals surface area contributed by atoms with Gasteiger partial charge in [0, 0.05) is 44.3 Å². The predicted octanol–water partition coefficient (Wildman–Crippen LogP) is 3.57. The van der Waals surface area contributed by atoms with E-state index in [2.05, 4.69) is 4.90 Å². The number of hydrogen-bond donors (Lipinski definition) is 1. The first-order valence-electron chi connectivity index (χ1n) is 10.3. The number of ether oxygens (including phenoxy) is 3. The minimum atomic E-state index is -0.717. The molecule has 0 bridgehead atoms. The van der Waals surface area contributed by atoms with Gasteiger partial charge in [-0.1, -0.05) is 12.1 Å². The Balaban J connectivity index is 1.64. The molecule has 2 aliphatic heterocycles. The molecular formula is C23H24N4O4. The van der Waals surface area contributed by atoms with Gasteiger partial charge >= 0.3 is 0 Å². The van der Waals surface area contributed by atoms with Gasteiger partial charge in [0.2, 0.25) is 5.79 Å². The van der Waals surface area contributed by atoms with Crippen molar-refractivity contribution in [3.8, 4) is 17.1 Å². The van der Waals surface area contributed by atoms with Crippen LogP contribution in [0, 0.1) is 0 Å². The molecule has 0 radical (unpaired) electrons. The zero-order chi connectivity index (χ0) is 21.4. The van der Waals surface area contributed by atoms with Crippen molar-refractivity contribution in [1.29, 1.82) is 0 Å². The summed E-state index contributed by atoms with van der Waals surface area (Å²) in [6, 6.07) is 8.94. The van der Waals surface area contributed by atoms with Crippen molar-refractivity contribution in [1.82, 2.24) is 15.0 Å². The molecule has 3 aromatic rings. The maximum Gasteiger partial charge on any atom is 0.204 e. The fraction of sp³-hybridized carbons (Fsp3) is 0.348. The van der Waals surface area contributed by atoms with E-state index < -0.39 is 5.79 Å². The van der Waals surface area contributed by atoms with Crippen LogP contribution in [0.5, 0.6) is 5.75 Å². The van der Waals surface area contributed by atoms with Crippen LogP contribution >= 0.6 is 0 Å². The third-order valence-electron chi connectivity index (χ3n) is 5.30. The molecular weight excluding hydrogens is 396 g/mol. The molecule has 0 saturated carbocycles. The second-order valence-corrected chi connectivity index (χ2v) is 8.04. The highest BCUT2D eigenvalue weighted by Gasteiger charge is 2.28. The maximum absolute atomic E-state index is 9.94. The summed E-state index contributed by atoms with van der Waals surface area (Å²) in [5, 5.41) is 9.94. The molecule has 4 heterocycles. The van der Waals surface area contributed by atoms with E-state index in [9.17, 15) is 5.11 Å². The Morgan fingerprint density at radius 2 is 1.97 bits per heavy atom. The fourth-order valence-electron chi connectivity index (χ4n) is 3.77. The topological polar surface area (TPSA) is 89.8 Å². The number of fused-ring (bicyclic) bond motifs is 1. The number of benzene rings is 1. The number of aromatic hydroxyl groups is 1. The van der Waals surface area contributed by atoms with Crippen LogP contribution in [0.25, 0.3) is 22.4 Å². The number of phenolic OH excluding ortho intramolecular Hbond substituents is 1. The van der Waals surface area contributed by atoms with E-state index in [1.807, 2.05) is 32.1 Å². The predicted molar refractivity (Wildman–Crippen MR) is 116 cm³/mol. The molecule has 8 heteroatoms. The number of aromatic nitrogens is 3. The summed E-state index contributed by atoms with van der Waals surface area (Å²) >= 11 is 0. The standard InChI is InChI=1S/C23H24N4O4/c1-23(2)30-9-6-19(31-23)16-13-18-20(24-14-16)22(27-7-10-29-11-8-27)26-21(25-18)15-4-3-5-17(28)12-15/h3-6,9,12-14,19,28H,7-8,10-11H2,1-2H3. The molecule has 5 rings (SSSR count). The zero-order valence-corrected chi connectivity index (χ0v) is 17.5. The first kappa shape index (κ1) is 19.7. The van der Waals surface area contributed by atoms with Gasteiger partial charge in [-0.3, -0.25) is 4.98 Å². The number of phenols is 1. The monoisotopic (exact) mass is 420 g/mol. The number of rotatable bonds is 3. The molecule has 1 atom stereocenters. The number of pyridine rings is 1. The van der Waals surface area contributed by atoms with Gasteiger partial charge in [-0.05, 0) is 24.3 Å². The lowest BCUT2D eigenvalue weighted by molar-refractivity contribution is -0.214. The molecule has 2 aliphatic rings. The number of morpholine rings is 1. The maximum atomic E-state index is 9.94. The molecule has 1 saturated heterocycles. The van der Waals surface area contributed by atoms with Crippen molar-refractivity contribution in [2.45, 2.75) is 25.7 Å². The molecule has 160 valence electrons. The van der Waals surface area contributed by atoms with Gasteiger partial charge < -0.3 is 24.2 Å². The van der Waals surface area contributed by atoms with Crippen LogP contribution in [-0.4, -0.2) is 52.1 Å². The quantitative estimate of drug-likeness (QED) is 0.688. The molecule has 1 fully saturated rings. The lowest BCUT2D eigenvalue weighted by atomic mass is 10.1. The van der Waals surface area contributed by atoms with Crippen LogP contribution in [0.15, 0.2) is 48.9 Å². The molecule has 0 spiro atoms. The van der Waals surface area contributed by atoms with Crippen molar-refractivity contribution in [3.05, 3.63) is 54.4 Å². The number of nitrogens with zero attached hydrogens (tertiary/aromatic N) is 4. The van der Waals surface area contributed by atoms with E-state index in [0.29, 0.717) is 24.6 Å². The Kier molecular flexibility index (Phi) is 4.95. The van der Waals surface area contributed by atoms with Crippen molar-refractivity contribution in [2.24, 2.45) is 0 Å². The third-order valence-corrected chi connectivity index (χ3v) is 5.30. The van der Waals surface area contributed by atoms with Gasteiger partial charge in [0.1, 0.15) is 17.4 Å². The Bertz CT molecular complexity index is 1140. The number of anilines is 1. The molecule has 8 nitrogen and oxygen atoms in total. The highest BCUT2D eigenvalue weighted by molar-refractivity contribution is 5.88. The summed E-state index contributed by atoms with van der Waals surface area (Å²) in [6.07, 6.45) is 5.04. The Labute approximate surface area is 180 Å². The Hall–Kier alpha value is -3.23. The number of hydrogen-bond acceptors (Lipinski definition) is 8. The van der Waals surface area contributed by atoms with Crippen LogP contribution in [0.4, 0.5) is 5.82 Å². The normalized spacial score (nSPS) is 20.6. The SMILES string of the molecule is CC1(C)OC=CC(c2cnc3c(N4CCOCC4)nc(-c4cccc(O)c4)nc3c2)O1. The lowest BCUT2D eigenvalue weighted by Crippen LogP contribution is -2.37. The first-order chi connectivity index (χ1) is 15.0. The molecule has 1 unspecified atom stereocenters. The van der Waals surface area contributed by atoms with E-state index in [-0.39, 0.29) is 11.9 Å².